The van der Waals surface area contributed by atoms with Gasteiger partial charge < -0.3 is 9.47 Å². The fourth-order valence-electron chi connectivity index (χ4n) is 0.967. The zero-order valence-corrected chi connectivity index (χ0v) is 10.4. The van der Waals surface area contributed by atoms with Gasteiger partial charge in [-0.25, -0.2) is 4.79 Å². The Morgan fingerprint density at radius 2 is 2.06 bits per heavy atom. The second-order valence-electron chi connectivity index (χ2n) is 2.63. The molecule has 4 heteroatoms. The molecule has 0 heterocycles. The first-order valence-corrected chi connectivity index (χ1v) is 5.73. The molecule has 0 bridgehead atoms. The van der Waals surface area contributed by atoms with Gasteiger partial charge in [0.05, 0.1) is 0 Å². The molecule has 1 rings (SSSR count). The number of hydrogen-bond acceptors (Lipinski definition) is 3. The summed E-state index contributed by atoms with van der Waals surface area (Å²) in [5.74, 6) is 0. The maximum Gasteiger partial charge on any atom is 0.509 e. The highest BCUT2D eigenvalue weighted by Crippen LogP contribution is 2.07. The number of ether oxygens (including phenoxy) is 2. The minimum Gasteiger partial charge on any atom is -0.430 e. The lowest BCUT2D eigenvalue weighted by atomic mass is 10.2. The Bertz CT molecular complexity index is 280. The van der Waals surface area contributed by atoms with Gasteiger partial charge in [-0.05, 0) is 12.0 Å². The number of hydrogen-bond donors (Lipinski definition) is 0. The van der Waals surface area contributed by atoms with Crippen molar-refractivity contribution >= 4 is 17.8 Å². The molecule has 0 aromatic heterocycles. The minimum absolute atomic E-state index is 0.183. The van der Waals surface area contributed by atoms with E-state index in [0.717, 1.165) is 12.0 Å². The third-order valence-corrected chi connectivity index (χ3v) is 1.73. The minimum atomic E-state index is -0.738. The molecule has 1 aliphatic carbocycles. The summed E-state index contributed by atoms with van der Waals surface area (Å²) in [5, 5.41) is 0. The van der Waals surface area contributed by atoms with E-state index < -0.39 is 6.16 Å². The number of alkyl halides is 1. The first-order valence-electron chi connectivity index (χ1n) is 5.19. The highest BCUT2D eigenvalue weighted by Gasteiger charge is 2.04. The highest BCUT2D eigenvalue weighted by molar-refractivity contribution is 6.17. The first kappa shape index (κ1) is 14.8. The van der Waals surface area contributed by atoms with Crippen molar-refractivity contribution in [1.29, 1.82) is 0 Å². The maximum absolute atomic E-state index is 10.8. The third-order valence-electron chi connectivity index (χ3n) is 1.62. The van der Waals surface area contributed by atoms with Crippen LogP contribution in [0.1, 0.15) is 20.3 Å². The molecule has 3 nitrogen and oxygen atoms in total. The Kier molecular flexibility index (Phi) is 9.52. The van der Waals surface area contributed by atoms with Crippen molar-refractivity contribution in [3.05, 3.63) is 36.0 Å². The van der Waals surface area contributed by atoms with Crippen LogP contribution in [-0.2, 0) is 9.47 Å². The van der Waals surface area contributed by atoms with Crippen LogP contribution >= 0.6 is 11.6 Å². The highest BCUT2D eigenvalue weighted by atomic mass is 35.5. The Labute approximate surface area is 101 Å². The molecule has 0 aliphatic heterocycles. The topological polar surface area (TPSA) is 35.5 Å². The molecule has 0 saturated heterocycles. The lowest BCUT2D eigenvalue weighted by Gasteiger charge is -2.05. The second kappa shape index (κ2) is 10.3. The van der Waals surface area contributed by atoms with Crippen LogP contribution in [0.4, 0.5) is 4.79 Å². The molecule has 0 spiro atoms. The Morgan fingerprint density at radius 3 is 2.75 bits per heavy atom. The first-order chi connectivity index (χ1) is 7.83. The SMILES string of the molecule is CC.O=C(OCCl)OCC1=CC=CC=CC1. The molecule has 0 fully saturated rings. The van der Waals surface area contributed by atoms with Crippen molar-refractivity contribution in [2.45, 2.75) is 20.3 Å². The van der Waals surface area contributed by atoms with Gasteiger partial charge in [0, 0.05) is 0 Å². The van der Waals surface area contributed by atoms with Gasteiger partial charge in [-0.3, -0.25) is 0 Å². The quantitative estimate of drug-likeness (QED) is 0.560. The number of allylic oxidation sites excluding steroid dienone is 5. The van der Waals surface area contributed by atoms with Crippen molar-refractivity contribution in [3.8, 4) is 0 Å². The van der Waals surface area contributed by atoms with Crippen LogP contribution in [0.5, 0.6) is 0 Å². The fourth-order valence-corrected chi connectivity index (χ4v) is 1.06. The van der Waals surface area contributed by atoms with Gasteiger partial charge in [0.25, 0.3) is 0 Å². The summed E-state index contributed by atoms with van der Waals surface area (Å²) in [5.41, 5.74) is 1.02. The predicted octanol–water partition coefficient (Wildman–Crippen LogP) is 3.80. The average Bonchev–Trinajstić information content (AvgIpc) is 2.58. The van der Waals surface area contributed by atoms with Crippen LogP contribution in [0, 0.1) is 0 Å². The van der Waals surface area contributed by atoms with Gasteiger partial charge in [0.15, 0.2) is 6.07 Å². The van der Waals surface area contributed by atoms with Crippen LogP contribution in [0.25, 0.3) is 0 Å². The van der Waals surface area contributed by atoms with Gasteiger partial charge in [-0.15, -0.1) is 0 Å². The Hall–Kier alpha value is -1.22. The van der Waals surface area contributed by atoms with Crippen molar-refractivity contribution in [2.75, 3.05) is 12.7 Å². The van der Waals surface area contributed by atoms with E-state index in [1.165, 1.54) is 0 Å². The summed E-state index contributed by atoms with van der Waals surface area (Å²) < 4.78 is 9.20. The van der Waals surface area contributed by atoms with Crippen LogP contribution in [-0.4, -0.2) is 18.8 Å². The summed E-state index contributed by atoms with van der Waals surface area (Å²) in [6.45, 7) is 4.24. The van der Waals surface area contributed by atoms with Crippen LogP contribution in [0.3, 0.4) is 0 Å². The summed E-state index contributed by atoms with van der Waals surface area (Å²) in [4.78, 5) is 10.8. The average molecular weight is 245 g/mol. The molecule has 16 heavy (non-hydrogen) atoms. The van der Waals surface area contributed by atoms with E-state index in [4.69, 9.17) is 16.3 Å². The summed E-state index contributed by atoms with van der Waals surface area (Å²) in [6, 6.07) is -0.183. The Morgan fingerprint density at radius 1 is 1.31 bits per heavy atom. The van der Waals surface area contributed by atoms with Crippen molar-refractivity contribution in [1.82, 2.24) is 0 Å². The number of rotatable bonds is 3. The van der Waals surface area contributed by atoms with E-state index in [0.29, 0.717) is 0 Å². The van der Waals surface area contributed by atoms with Crippen LogP contribution in [0.15, 0.2) is 36.0 Å². The van der Waals surface area contributed by atoms with Gasteiger partial charge in [-0.1, -0.05) is 55.8 Å². The number of carbonyl (C=O) groups excluding carboxylic acids is 1. The normalized spacial score (nSPS) is 13.1. The van der Waals surface area contributed by atoms with E-state index in [2.05, 4.69) is 4.74 Å². The maximum atomic E-state index is 10.8. The van der Waals surface area contributed by atoms with E-state index in [1.807, 2.05) is 44.2 Å². The van der Waals surface area contributed by atoms with E-state index in [-0.39, 0.29) is 12.7 Å². The molecular weight excluding hydrogens is 228 g/mol. The smallest absolute Gasteiger partial charge is 0.430 e. The van der Waals surface area contributed by atoms with Crippen molar-refractivity contribution in [2.24, 2.45) is 0 Å². The molecular formula is C12H17ClO3. The number of halogens is 1. The lowest BCUT2D eigenvalue weighted by molar-refractivity contribution is 0.0744. The largest absolute Gasteiger partial charge is 0.509 e. The van der Waals surface area contributed by atoms with Crippen molar-refractivity contribution < 1.29 is 14.3 Å². The van der Waals surface area contributed by atoms with Gasteiger partial charge in [-0.2, -0.15) is 0 Å². The lowest BCUT2D eigenvalue weighted by Crippen LogP contribution is -2.08. The predicted molar refractivity (Wildman–Crippen MR) is 65.5 cm³/mol. The molecule has 0 aromatic rings. The zero-order valence-electron chi connectivity index (χ0n) is 9.61. The molecule has 90 valence electrons. The Balaban J connectivity index is 0.00000106. The van der Waals surface area contributed by atoms with E-state index >= 15 is 0 Å². The summed E-state index contributed by atoms with van der Waals surface area (Å²) in [7, 11) is 0. The molecule has 0 saturated carbocycles. The molecule has 1 aliphatic rings. The van der Waals surface area contributed by atoms with E-state index in [1.54, 1.807) is 0 Å². The van der Waals surface area contributed by atoms with Crippen LogP contribution in [0.2, 0.25) is 0 Å². The molecule has 0 N–H and O–H groups in total. The van der Waals surface area contributed by atoms with Crippen LogP contribution < -0.4 is 0 Å². The summed E-state index contributed by atoms with van der Waals surface area (Å²) in [6.07, 6.45) is 9.71. The molecule has 0 aromatic carbocycles. The summed E-state index contributed by atoms with van der Waals surface area (Å²) >= 11 is 5.18. The monoisotopic (exact) mass is 244 g/mol. The van der Waals surface area contributed by atoms with Gasteiger partial charge in [0.2, 0.25) is 0 Å². The van der Waals surface area contributed by atoms with Gasteiger partial charge >= 0.3 is 6.16 Å². The van der Waals surface area contributed by atoms with Crippen molar-refractivity contribution in [3.63, 3.8) is 0 Å². The molecule has 0 radical (unpaired) electrons. The third kappa shape index (κ3) is 7.12. The number of carbonyl (C=O) groups is 1. The zero-order chi connectivity index (χ0) is 12.2. The second-order valence-corrected chi connectivity index (χ2v) is 2.85. The molecule has 0 unspecified atom stereocenters. The fraction of sp³-hybridized carbons (Fsp3) is 0.417. The van der Waals surface area contributed by atoms with Gasteiger partial charge in [0.1, 0.15) is 6.61 Å². The standard InChI is InChI=1S/C10H11ClO3.C2H6/c11-8-14-10(12)13-7-9-5-3-1-2-4-6-9;1-2/h1-5H,6-8H2;1-2H3. The molecule has 0 atom stereocenters. The van der Waals surface area contributed by atoms with E-state index in [9.17, 15) is 4.79 Å². The molecule has 0 amide bonds.